The van der Waals surface area contributed by atoms with Crippen LogP contribution in [0.25, 0.3) is 0 Å². The molecule has 0 amide bonds. The van der Waals surface area contributed by atoms with E-state index in [0.29, 0.717) is 86.6 Å². The maximum atomic E-state index is 2.45. The van der Waals surface area contributed by atoms with Crippen LogP contribution in [0.5, 0.6) is 0 Å². The van der Waals surface area contributed by atoms with Crippen molar-refractivity contribution in [3.05, 3.63) is 0 Å². The fourth-order valence-electron chi connectivity index (χ4n) is 18.9. The summed E-state index contributed by atoms with van der Waals surface area (Å²) in [5, 5.41) is 0. The van der Waals surface area contributed by atoms with Gasteiger partial charge in [-0.25, -0.2) is 0 Å². The van der Waals surface area contributed by atoms with Crippen molar-refractivity contribution in [2.24, 2.45) is 128 Å². The van der Waals surface area contributed by atoms with Gasteiger partial charge in [0, 0.05) is 0 Å². The molecule has 0 aromatic rings. The molecule has 0 aliphatic heterocycles. The maximum Gasteiger partial charge on any atom is -0.0223 e. The van der Waals surface area contributed by atoms with Gasteiger partial charge in [-0.15, -0.1) is 0 Å². The number of hydrogen-bond acceptors (Lipinski definition) is 0. The molecular formula is C89H192. The molecule has 89 heavy (non-hydrogen) atoms. The quantitative estimate of drug-likeness (QED) is 0.121. The van der Waals surface area contributed by atoms with Gasteiger partial charge in [-0.2, -0.15) is 0 Å². The lowest BCUT2D eigenvalue weighted by atomic mass is 9.52. The molecule has 0 bridgehead atoms. The first kappa shape index (κ1) is 103. The van der Waals surface area contributed by atoms with Gasteiger partial charge in [0.25, 0.3) is 0 Å². The Kier molecular flexibility index (Phi) is 45.4. The Morgan fingerprint density at radius 1 is 0.213 bits per heavy atom. The molecule has 0 spiro atoms. The first-order valence-corrected chi connectivity index (χ1v) is 39.0. The molecule has 5 atom stereocenters. The molecule has 0 N–H and O–H groups in total. The second-order valence-electron chi connectivity index (χ2n) is 41.2. The van der Waals surface area contributed by atoms with Gasteiger partial charge in [0.2, 0.25) is 0 Å². The molecule has 0 radical (unpaired) electrons. The normalized spacial score (nSPS) is 16.0. The summed E-state index contributed by atoms with van der Waals surface area (Å²) in [6.07, 6.45) is 16.9. The molecule has 0 rings (SSSR count). The molecule has 0 saturated carbocycles. The van der Waals surface area contributed by atoms with Crippen molar-refractivity contribution in [2.75, 3.05) is 0 Å². The highest BCUT2D eigenvalue weighted by Crippen LogP contribution is 2.57. The molecule has 0 heteroatoms. The van der Waals surface area contributed by atoms with Crippen LogP contribution >= 0.6 is 0 Å². The van der Waals surface area contributed by atoms with Crippen LogP contribution in [0.3, 0.4) is 0 Å². The molecule has 0 heterocycles. The molecule has 5 unspecified atom stereocenters. The molecule has 0 fully saturated rings. The zero-order chi connectivity index (χ0) is 74.2. The highest BCUT2D eigenvalue weighted by molar-refractivity contribution is 4.98. The van der Waals surface area contributed by atoms with Crippen molar-refractivity contribution in [3.8, 4) is 0 Å². The molecule has 0 aliphatic carbocycles. The largest absolute Gasteiger partial charge is 0.0651 e. The van der Waals surface area contributed by atoms with E-state index < -0.39 is 0 Å². The van der Waals surface area contributed by atoms with E-state index in [0.717, 1.165) is 41.4 Å². The van der Waals surface area contributed by atoms with E-state index in [1.165, 1.54) is 83.5 Å². The molecule has 0 saturated heterocycles. The van der Waals surface area contributed by atoms with Crippen LogP contribution in [-0.2, 0) is 0 Å². The van der Waals surface area contributed by atoms with E-state index in [-0.39, 0.29) is 0 Å². The molecular weight excluding hydrogens is 1070 g/mol. The Hall–Kier alpha value is 0. The Morgan fingerprint density at radius 3 is 0.494 bits per heavy atom. The smallest absolute Gasteiger partial charge is 0.0223 e. The van der Waals surface area contributed by atoms with E-state index in [1.54, 1.807) is 0 Å². The minimum Gasteiger partial charge on any atom is -0.0651 e. The van der Waals surface area contributed by atoms with Crippen molar-refractivity contribution in [1.82, 2.24) is 0 Å². The van der Waals surface area contributed by atoms with E-state index in [1.807, 2.05) is 0 Å². The summed E-state index contributed by atoms with van der Waals surface area (Å²) < 4.78 is 0. The van der Waals surface area contributed by atoms with Gasteiger partial charge in [-0.1, -0.05) is 373 Å². The van der Waals surface area contributed by atoms with Gasteiger partial charge < -0.3 is 0 Å². The zero-order valence-corrected chi connectivity index (χ0v) is 74.2. The molecule has 0 nitrogen and oxygen atoms in total. The third kappa shape index (κ3) is 28.9. The molecule has 0 aromatic carbocycles. The van der Waals surface area contributed by atoms with Crippen LogP contribution in [0.1, 0.15) is 450 Å². The third-order valence-electron chi connectivity index (χ3n) is 28.6. The average molecular weight is 1260 g/mol. The highest BCUT2D eigenvalue weighted by atomic mass is 14.5. The van der Waals surface area contributed by atoms with E-state index in [4.69, 9.17) is 0 Å². The van der Waals surface area contributed by atoms with Gasteiger partial charge in [-0.3, -0.25) is 0 Å². The fourth-order valence-corrected chi connectivity index (χ4v) is 18.9. The Balaban J connectivity index is -0.000000177. The van der Waals surface area contributed by atoms with Crippen molar-refractivity contribution in [1.29, 1.82) is 0 Å². The number of rotatable bonds is 19. The summed E-state index contributed by atoms with van der Waals surface area (Å²) in [5.41, 5.74) is 7.22. The first-order chi connectivity index (χ1) is 39.0. The molecule has 0 aliphatic rings. The standard InChI is InChI=1S/C15H32.2C14H30.C13H28.C12H26.C11H24.C10H22/c1-10-15(11-2,14(7,8)9)12(3)13(4,5)6;1-10-14(9,13(6,7)8)11(2)12(3,4)5;1-9-14(10-2,13(6,7)8)12(5)11(3)4;1-8-11(4)13(9-2,10-3)12(5,6)7;1-8-12(9-2,10(3)4)11(5,6)7;1-7-11(8-2,9-3)10(4,5)6;1-8(9(2,3)4)10(5,6)7/h12H,10-11H2,1-9H3;11H,10H2,1-9H3;11-12H,9-10H2,1-8H3;11H,8-10H2,1-7H3;10H,8-9H2,1-7H3;7-9H2,1-6H3;8H,1-7H3. The zero-order valence-electron chi connectivity index (χ0n) is 74.2. The summed E-state index contributed by atoms with van der Waals surface area (Å²) in [7, 11) is 0. The third-order valence-corrected chi connectivity index (χ3v) is 28.6. The van der Waals surface area contributed by atoms with Gasteiger partial charge in [0.15, 0.2) is 0 Å². The highest BCUT2D eigenvalue weighted by Gasteiger charge is 2.49. The Bertz CT molecular complexity index is 1670. The lowest BCUT2D eigenvalue weighted by Crippen LogP contribution is -2.45. The summed E-state index contributed by atoms with van der Waals surface area (Å²) in [6, 6.07) is 0. The maximum absolute atomic E-state index is 2.45. The predicted octanol–water partition coefficient (Wildman–Crippen LogP) is 33.1. The average Bonchev–Trinajstić information content (AvgIpc) is 3.35. The number of hydrogen-bond donors (Lipinski definition) is 0. The van der Waals surface area contributed by atoms with Gasteiger partial charge in [0.05, 0.1) is 0 Å². The Labute approximate surface area is 575 Å². The summed E-state index contributed by atoms with van der Waals surface area (Å²) >= 11 is 0. The summed E-state index contributed by atoms with van der Waals surface area (Å²) in [5.74, 6) is 5.46. The van der Waals surface area contributed by atoms with Crippen LogP contribution in [0.2, 0.25) is 0 Å². The topological polar surface area (TPSA) is 0 Å². The minimum absolute atomic E-state index is 0.383. The van der Waals surface area contributed by atoms with Crippen molar-refractivity contribution in [2.45, 2.75) is 450 Å². The lowest BCUT2D eigenvalue weighted by molar-refractivity contribution is -0.0374. The van der Waals surface area contributed by atoms with Crippen molar-refractivity contribution in [3.63, 3.8) is 0 Å². The van der Waals surface area contributed by atoms with Crippen LogP contribution in [0, 0.1) is 128 Å². The van der Waals surface area contributed by atoms with Crippen LogP contribution in [0.15, 0.2) is 0 Å². The van der Waals surface area contributed by atoms with Gasteiger partial charge in [0.1, 0.15) is 0 Å². The first-order valence-electron chi connectivity index (χ1n) is 39.0. The summed E-state index contributed by atoms with van der Waals surface area (Å²) in [4.78, 5) is 0. The lowest BCUT2D eigenvalue weighted by Gasteiger charge is -2.53. The summed E-state index contributed by atoms with van der Waals surface area (Å²) in [6.45, 7) is 125. The SMILES string of the molecule is CC(C(C)(C)C)C(C)(C)C.CCC(C)(C(C)C(C)(C)C)C(C)(C)C.CCC(C)C(CC)(CC)C(C)(C)C.CCC(CC)(C(C)C(C)(C)C)C(C)(C)C.CCC(CC)(C(C)C(C)C)C(C)(C)C.CCC(CC)(C(C)C)C(C)(C)C.CCC(CC)(CC)C(C)(C)C. The van der Waals surface area contributed by atoms with Crippen LogP contribution in [-0.4, -0.2) is 0 Å². The van der Waals surface area contributed by atoms with Crippen molar-refractivity contribution < 1.29 is 0 Å². The fraction of sp³-hybridized carbons (Fsp3) is 1.00. The van der Waals surface area contributed by atoms with Gasteiger partial charge in [-0.05, 0) is 205 Å². The minimum atomic E-state index is 0.383. The van der Waals surface area contributed by atoms with Gasteiger partial charge >= 0.3 is 0 Å². The van der Waals surface area contributed by atoms with E-state index in [2.05, 4.69) is 367 Å². The second kappa shape index (κ2) is 39.4. The Morgan fingerprint density at radius 2 is 0.449 bits per heavy atom. The van der Waals surface area contributed by atoms with E-state index >= 15 is 0 Å². The monoisotopic (exact) mass is 1260 g/mol. The van der Waals surface area contributed by atoms with Crippen LogP contribution in [0.4, 0.5) is 0 Å². The predicted molar refractivity (Wildman–Crippen MR) is 424 cm³/mol. The molecule has 548 valence electrons. The van der Waals surface area contributed by atoms with Crippen LogP contribution < -0.4 is 0 Å². The second-order valence-corrected chi connectivity index (χ2v) is 41.2. The van der Waals surface area contributed by atoms with E-state index in [9.17, 15) is 0 Å². The molecule has 0 aromatic heterocycles. The van der Waals surface area contributed by atoms with Crippen molar-refractivity contribution >= 4 is 0 Å².